The number of fused-ring (bicyclic) bond motifs is 2. The topological polar surface area (TPSA) is 58.6 Å². The molecular weight excluding hydrogens is 376 g/mol. The number of ether oxygens (including phenoxy) is 1. The number of carbonyl (C=O) groups is 2. The SMILES string of the molecule is CC1(C)C[C@H]2C[C@](C)(CN2C(=O)COc2ccccc2C(=O)Nc2ccccc2)C1. The van der Waals surface area contributed by atoms with E-state index in [1.165, 1.54) is 0 Å². The number of benzene rings is 2. The number of likely N-dealkylation sites (tertiary alicyclic amines) is 1. The number of carbonyl (C=O) groups excluding carboxylic acids is 2. The third kappa shape index (κ3) is 4.35. The van der Waals surface area contributed by atoms with Gasteiger partial charge in [-0.1, -0.05) is 51.1 Å². The van der Waals surface area contributed by atoms with Gasteiger partial charge >= 0.3 is 0 Å². The van der Waals surface area contributed by atoms with Crippen molar-refractivity contribution in [3.63, 3.8) is 0 Å². The summed E-state index contributed by atoms with van der Waals surface area (Å²) in [6.45, 7) is 7.62. The number of para-hydroxylation sites is 2. The molecular formula is C25H30N2O3. The second-order valence-electron chi connectivity index (χ2n) is 9.84. The van der Waals surface area contributed by atoms with Gasteiger partial charge in [-0.15, -0.1) is 0 Å². The van der Waals surface area contributed by atoms with Crippen LogP contribution in [0.5, 0.6) is 5.75 Å². The van der Waals surface area contributed by atoms with Crippen molar-refractivity contribution in [3.05, 3.63) is 60.2 Å². The van der Waals surface area contributed by atoms with E-state index in [1.54, 1.807) is 18.2 Å². The number of nitrogens with zero attached hydrogens (tertiary/aromatic N) is 1. The summed E-state index contributed by atoms with van der Waals surface area (Å²) >= 11 is 0. The summed E-state index contributed by atoms with van der Waals surface area (Å²) in [6, 6.07) is 16.6. The van der Waals surface area contributed by atoms with E-state index in [4.69, 9.17) is 4.74 Å². The van der Waals surface area contributed by atoms with E-state index in [0.717, 1.165) is 25.8 Å². The highest BCUT2D eigenvalue weighted by atomic mass is 16.5. The van der Waals surface area contributed by atoms with Gasteiger partial charge in [0.25, 0.3) is 11.8 Å². The Hall–Kier alpha value is -2.82. The van der Waals surface area contributed by atoms with Crippen LogP contribution in [-0.2, 0) is 4.79 Å². The molecule has 158 valence electrons. The predicted molar refractivity (Wildman–Crippen MR) is 118 cm³/mol. The molecule has 0 unspecified atom stereocenters. The van der Waals surface area contributed by atoms with Gasteiger partial charge in [0.05, 0.1) is 5.56 Å². The lowest BCUT2D eigenvalue weighted by Gasteiger charge is -2.39. The molecule has 2 bridgehead atoms. The molecule has 30 heavy (non-hydrogen) atoms. The van der Waals surface area contributed by atoms with E-state index in [-0.39, 0.29) is 35.3 Å². The number of hydrogen-bond acceptors (Lipinski definition) is 3. The zero-order valence-electron chi connectivity index (χ0n) is 18.0. The number of rotatable bonds is 5. The van der Waals surface area contributed by atoms with Gasteiger partial charge in [-0.05, 0) is 54.4 Å². The predicted octanol–water partition coefficient (Wildman–Crippen LogP) is 4.74. The number of nitrogens with one attached hydrogen (secondary N) is 1. The van der Waals surface area contributed by atoms with Crippen molar-refractivity contribution < 1.29 is 14.3 Å². The van der Waals surface area contributed by atoms with Crippen LogP contribution in [0.2, 0.25) is 0 Å². The monoisotopic (exact) mass is 406 g/mol. The van der Waals surface area contributed by atoms with Crippen LogP contribution in [0, 0.1) is 10.8 Å². The first kappa shape index (κ1) is 20.5. The van der Waals surface area contributed by atoms with Crippen molar-refractivity contribution in [2.24, 2.45) is 10.8 Å². The van der Waals surface area contributed by atoms with Crippen LogP contribution in [0.15, 0.2) is 54.6 Å². The third-order valence-electron chi connectivity index (χ3n) is 6.25. The first-order valence-corrected chi connectivity index (χ1v) is 10.6. The smallest absolute Gasteiger partial charge is 0.260 e. The molecule has 2 aromatic rings. The number of anilines is 1. The lowest BCUT2D eigenvalue weighted by atomic mass is 9.65. The minimum atomic E-state index is -0.254. The molecule has 5 nitrogen and oxygen atoms in total. The summed E-state index contributed by atoms with van der Waals surface area (Å²) < 4.78 is 5.85. The van der Waals surface area contributed by atoms with Crippen molar-refractivity contribution in [2.75, 3.05) is 18.5 Å². The lowest BCUT2D eigenvalue weighted by molar-refractivity contribution is -0.134. The first-order valence-electron chi connectivity index (χ1n) is 10.6. The zero-order valence-corrected chi connectivity index (χ0v) is 18.0. The van der Waals surface area contributed by atoms with Crippen molar-refractivity contribution in [3.8, 4) is 5.75 Å². The van der Waals surface area contributed by atoms with Crippen molar-refractivity contribution in [1.82, 2.24) is 4.90 Å². The fraction of sp³-hybridized carbons (Fsp3) is 0.440. The number of amides is 2. The molecule has 1 aliphatic carbocycles. The average Bonchev–Trinajstić information content (AvgIpc) is 2.95. The van der Waals surface area contributed by atoms with Crippen molar-refractivity contribution >= 4 is 17.5 Å². The molecule has 5 heteroatoms. The van der Waals surface area contributed by atoms with E-state index in [9.17, 15) is 9.59 Å². The van der Waals surface area contributed by atoms with Crippen LogP contribution in [-0.4, -0.2) is 35.9 Å². The van der Waals surface area contributed by atoms with Crippen LogP contribution in [0.25, 0.3) is 0 Å². The van der Waals surface area contributed by atoms with Crippen LogP contribution >= 0.6 is 0 Å². The molecule has 2 atom stereocenters. The Kier molecular flexibility index (Phi) is 5.31. The maximum atomic E-state index is 13.0. The minimum absolute atomic E-state index is 0.000282. The molecule has 4 rings (SSSR count). The highest BCUT2D eigenvalue weighted by molar-refractivity contribution is 6.06. The van der Waals surface area contributed by atoms with Crippen LogP contribution in [0.4, 0.5) is 5.69 Å². The van der Waals surface area contributed by atoms with E-state index >= 15 is 0 Å². The van der Waals surface area contributed by atoms with Gasteiger partial charge in [0.1, 0.15) is 5.75 Å². The zero-order chi connectivity index (χ0) is 21.4. The van der Waals surface area contributed by atoms with Crippen molar-refractivity contribution in [1.29, 1.82) is 0 Å². The molecule has 1 saturated heterocycles. The molecule has 2 aliphatic rings. The highest BCUT2D eigenvalue weighted by Crippen LogP contribution is 2.52. The standard InChI is InChI=1S/C25H30N2O3/c1-24(2)13-19-14-25(3,16-24)17-27(19)22(28)15-30-21-12-8-7-11-20(21)23(29)26-18-9-5-4-6-10-18/h4-12,19H,13-17H2,1-3H3,(H,26,29)/t19-,25-/m0/s1. The Balaban J connectivity index is 1.42. The summed E-state index contributed by atoms with van der Waals surface area (Å²) in [4.78, 5) is 27.7. The average molecular weight is 407 g/mol. The van der Waals surface area contributed by atoms with E-state index in [2.05, 4.69) is 26.1 Å². The largest absolute Gasteiger partial charge is 0.483 e. The van der Waals surface area contributed by atoms with E-state index < -0.39 is 0 Å². The number of hydrogen-bond donors (Lipinski definition) is 1. The molecule has 2 fully saturated rings. The molecule has 0 spiro atoms. The van der Waals surface area contributed by atoms with Crippen LogP contribution in [0.1, 0.15) is 50.4 Å². The molecule has 1 N–H and O–H groups in total. The third-order valence-corrected chi connectivity index (χ3v) is 6.25. The molecule has 2 aromatic carbocycles. The van der Waals surface area contributed by atoms with E-state index in [1.807, 2.05) is 41.3 Å². The maximum absolute atomic E-state index is 13.0. The Labute approximate surface area is 178 Å². The minimum Gasteiger partial charge on any atom is -0.483 e. The summed E-state index contributed by atoms with van der Waals surface area (Å²) in [5.74, 6) is 0.170. The second kappa shape index (κ2) is 7.78. The van der Waals surface area contributed by atoms with E-state index in [0.29, 0.717) is 17.0 Å². The Bertz CT molecular complexity index is 940. The molecule has 0 radical (unpaired) electrons. The Morgan fingerprint density at radius 1 is 1.03 bits per heavy atom. The van der Waals surface area contributed by atoms with Crippen LogP contribution < -0.4 is 10.1 Å². The van der Waals surface area contributed by atoms with Gasteiger partial charge in [-0.3, -0.25) is 9.59 Å². The van der Waals surface area contributed by atoms with Crippen LogP contribution in [0.3, 0.4) is 0 Å². The summed E-state index contributed by atoms with van der Waals surface area (Å²) in [7, 11) is 0. The quantitative estimate of drug-likeness (QED) is 0.780. The fourth-order valence-corrected chi connectivity index (χ4v) is 5.47. The Morgan fingerprint density at radius 2 is 1.73 bits per heavy atom. The van der Waals surface area contributed by atoms with Gasteiger partial charge in [0.2, 0.25) is 0 Å². The maximum Gasteiger partial charge on any atom is 0.260 e. The molecule has 2 amide bonds. The molecule has 1 saturated carbocycles. The van der Waals surface area contributed by atoms with Gasteiger partial charge in [0, 0.05) is 18.3 Å². The van der Waals surface area contributed by atoms with Crippen molar-refractivity contribution in [2.45, 2.75) is 46.1 Å². The summed E-state index contributed by atoms with van der Waals surface area (Å²) in [5.41, 5.74) is 1.58. The molecule has 1 heterocycles. The summed E-state index contributed by atoms with van der Waals surface area (Å²) in [6.07, 6.45) is 3.24. The van der Waals surface area contributed by atoms with Gasteiger partial charge in [0.15, 0.2) is 6.61 Å². The van der Waals surface area contributed by atoms with Gasteiger partial charge in [-0.2, -0.15) is 0 Å². The normalized spacial score (nSPS) is 24.4. The lowest BCUT2D eigenvalue weighted by Crippen LogP contribution is -2.40. The highest BCUT2D eigenvalue weighted by Gasteiger charge is 2.50. The van der Waals surface area contributed by atoms with Gasteiger partial charge < -0.3 is 15.0 Å². The Morgan fingerprint density at radius 3 is 2.50 bits per heavy atom. The fourth-order valence-electron chi connectivity index (χ4n) is 5.47. The second-order valence-corrected chi connectivity index (χ2v) is 9.84. The molecule has 0 aromatic heterocycles. The first-order chi connectivity index (χ1) is 14.2. The summed E-state index contributed by atoms with van der Waals surface area (Å²) in [5, 5.41) is 2.87. The van der Waals surface area contributed by atoms with Gasteiger partial charge in [-0.25, -0.2) is 0 Å². The molecule has 1 aliphatic heterocycles.